The maximum absolute atomic E-state index is 11.0. The SMILES string of the molecule is COC(=O)CCc1cc(C#N)ccc1C. The number of ether oxygens (including phenoxy) is 1. The number of carbonyl (C=O) groups is 1. The van der Waals surface area contributed by atoms with Crippen molar-refractivity contribution in [1.82, 2.24) is 0 Å². The molecule has 0 aliphatic carbocycles. The Kier molecular flexibility index (Phi) is 3.87. The minimum Gasteiger partial charge on any atom is -0.469 e. The largest absolute Gasteiger partial charge is 0.469 e. The van der Waals surface area contributed by atoms with Gasteiger partial charge in [0.1, 0.15) is 0 Å². The highest BCUT2D eigenvalue weighted by molar-refractivity contribution is 5.69. The predicted octanol–water partition coefficient (Wildman–Crippen LogP) is 1.97. The Morgan fingerprint density at radius 1 is 1.53 bits per heavy atom. The van der Waals surface area contributed by atoms with Crippen LogP contribution >= 0.6 is 0 Å². The molecule has 0 bridgehead atoms. The third-order valence-corrected chi connectivity index (χ3v) is 2.30. The van der Waals surface area contributed by atoms with E-state index in [2.05, 4.69) is 10.8 Å². The van der Waals surface area contributed by atoms with Gasteiger partial charge in [-0.3, -0.25) is 4.79 Å². The van der Waals surface area contributed by atoms with Crippen molar-refractivity contribution in [3.05, 3.63) is 34.9 Å². The summed E-state index contributed by atoms with van der Waals surface area (Å²) in [7, 11) is 1.38. The van der Waals surface area contributed by atoms with Crippen LogP contribution in [-0.2, 0) is 16.0 Å². The first-order valence-electron chi connectivity index (χ1n) is 4.74. The lowest BCUT2D eigenvalue weighted by Gasteiger charge is -2.05. The first kappa shape index (κ1) is 11.3. The van der Waals surface area contributed by atoms with Crippen molar-refractivity contribution in [3.8, 4) is 6.07 Å². The number of nitriles is 1. The highest BCUT2D eigenvalue weighted by Crippen LogP contribution is 2.12. The van der Waals surface area contributed by atoms with E-state index in [1.165, 1.54) is 7.11 Å². The molecule has 78 valence electrons. The molecular weight excluding hydrogens is 190 g/mol. The van der Waals surface area contributed by atoms with Crippen molar-refractivity contribution < 1.29 is 9.53 Å². The third-order valence-electron chi connectivity index (χ3n) is 2.30. The quantitative estimate of drug-likeness (QED) is 0.706. The molecule has 0 saturated carbocycles. The molecule has 15 heavy (non-hydrogen) atoms. The summed E-state index contributed by atoms with van der Waals surface area (Å²) in [5.41, 5.74) is 2.75. The van der Waals surface area contributed by atoms with E-state index in [9.17, 15) is 4.79 Å². The second-order valence-corrected chi connectivity index (χ2v) is 3.33. The maximum atomic E-state index is 11.0. The summed E-state index contributed by atoms with van der Waals surface area (Å²) in [6.45, 7) is 1.97. The van der Waals surface area contributed by atoms with E-state index in [-0.39, 0.29) is 5.97 Å². The summed E-state index contributed by atoms with van der Waals surface area (Å²) in [5.74, 6) is -0.225. The van der Waals surface area contributed by atoms with Gasteiger partial charge in [0, 0.05) is 6.42 Å². The van der Waals surface area contributed by atoms with Crippen molar-refractivity contribution in [2.45, 2.75) is 19.8 Å². The first-order chi connectivity index (χ1) is 7.17. The van der Waals surface area contributed by atoms with Crippen LogP contribution < -0.4 is 0 Å². The van der Waals surface area contributed by atoms with Crippen molar-refractivity contribution >= 4 is 5.97 Å². The highest BCUT2D eigenvalue weighted by atomic mass is 16.5. The van der Waals surface area contributed by atoms with Crippen LogP contribution in [0.25, 0.3) is 0 Å². The van der Waals surface area contributed by atoms with Gasteiger partial charge in [-0.25, -0.2) is 0 Å². The fraction of sp³-hybridized carbons (Fsp3) is 0.333. The molecule has 0 heterocycles. The van der Waals surface area contributed by atoms with Crippen molar-refractivity contribution in [1.29, 1.82) is 5.26 Å². The molecule has 3 nitrogen and oxygen atoms in total. The monoisotopic (exact) mass is 203 g/mol. The number of carbonyl (C=O) groups excluding carboxylic acids is 1. The zero-order valence-electron chi connectivity index (χ0n) is 8.91. The molecular formula is C12H13NO2. The predicted molar refractivity (Wildman–Crippen MR) is 56.2 cm³/mol. The lowest BCUT2D eigenvalue weighted by Crippen LogP contribution is -2.03. The first-order valence-corrected chi connectivity index (χ1v) is 4.74. The summed E-state index contributed by atoms with van der Waals surface area (Å²) < 4.78 is 4.56. The molecule has 0 saturated heterocycles. The van der Waals surface area contributed by atoms with Gasteiger partial charge in [0.25, 0.3) is 0 Å². The molecule has 0 fully saturated rings. The summed E-state index contributed by atoms with van der Waals surface area (Å²) in [6, 6.07) is 7.57. The molecule has 0 aliphatic rings. The molecule has 0 N–H and O–H groups in total. The molecule has 1 aromatic rings. The molecule has 0 atom stereocenters. The van der Waals surface area contributed by atoms with Crippen LogP contribution in [0.15, 0.2) is 18.2 Å². The maximum Gasteiger partial charge on any atom is 0.305 e. The van der Waals surface area contributed by atoms with E-state index in [1.807, 2.05) is 19.1 Å². The zero-order valence-corrected chi connectivity index (χ0v) is 8.91. The van der Waals surface area contributed by atoms with Gasteiger partial charge in [0.2, 0.25) is 0 Å². The molecule has 1 rings (SSSR count). The Balaban J connectivity index is 2.76. The molecule has 0 radical (unpaired) electrons. The van der Waals surface area contributed by atoms with E-state index in [4.69, 9.17) is 5.26 Å². The van der Waals surface area contributed by atoms with Gasteiger partial charge < -0.3 is 4.74 Å². The molecule has 0 spiro atoms. The van der Waals surface area contributed by atoms with Gasteiger partial charge in [-0.05, 0) is 36.6 Å². The Morgan fingerprint density at radius 2 is 2.27 bits per heavy atom. The van der Waals surface area contributed by atoms with Crippen LogP contribution in [0.2, 0.25) is 0 Å². The number of esters is 1. The van der Waals surface area contributed by atoms with Crippen LogP contribution in [0.1, 0.15) is 23.1 Å². The van der Waals surface area contributed by atoms with Gasteiger partial charge in [0.15, 0.2) is 0 Å². The minimum atomic E-state index is -0.225. The molecule has 0 amide bonds. The summed E-state index contributed by atoms with van der Waals surface area (Å²) in [6.07, 6.45) is 0.972. The van der Waals surface area contributed by atoms with Crippen LogP contribution in [0.4, 0.5) is 0 Å². The van der Waals surface area contributed by atoms with Crippen molar-refractivity contribution in [3.63, 3.8) is 0 Å². The molecule has 3 heteroatoms. The zero-order chi connectivity index (χ0) is 11.3. The van der Waals surface area contributed by atoms with E-state index < -0.39 is 0 Å². The minimum absolute atomic E-state index is 0.225. The van der Waals surface area contributed by atoms with Gasteiger partial charge in [-0.15, -0.1) is 0 Å². The van der Waals surface area contributed by atoms with E-state index in [1.54, 1.807) is 6.07 Å². The van der Waals surface area contributed by atoms with Crippen molar-refractivity contribution in [2.75, 3.05) is 7.11 Å². The number of aryl methyl sites for hydroxylation is 2. The number of hydrogen-bond acceptors (Lipinski definition) is 3. The van der Waals surface area contributed by atoms with Gasteiger partial charge in [0.05, 0.1) is 18.7 Å². The van der Waals surface area contributed by atoms with Crippen LogP contribution in [0, 0.1) is 18.3 Å². The number of hydrogen-bond donors (Lipinski definition) is 0. The van der Waals surface area contributed by atoms with E-state index in [0.29, 0.717) is 18.4 Å². The highest BCUT2D eigenvalue weighted by Gasteiger charge is 2.04. The summed E-state index contributed by atoms with van der Waals surface area (Å²) in [4.78, 5) is 11.0. The van der Waals surface area contributed by atoms with Gasteiger partial charge >= 0.3 is 5.97 Å². The number of nitrogens with zero attached hydrogens (tertiary/aromatic N) is 1. The third kappa shape index (κ3) is 3.10. The Labute approximate surface area is 89.3 Å². The average molecular weight is 203 g/mol. The molecule has 0 aromatic heterocycles. The Hall–Kier alpha value is -1.82. The fourth-order valence-corrected chi connectivity index (χ4v) is 1.35. The normalized spacial score (nSPS) is 9.40. The van der Waals surface area contributed by atoms with Gasteiger partial charge in [-0.1, -0.05) is 6.07 Å². The Bertz CT molecular complexity index is 405. The van der Waals surface area contributed by atoms with Crippen LogP contribution in [0.5, 0.6) is 0 Å². The number of rotatable bonds is 3. The van der Waals surface area contributed by atoms with Crippen LogP contribution in [0.3, 0.4) is 0 Å². The summed E-state index contributed by atoms with van der Waals surface area (Å²) >= 11 is 0. The van der Waals surface area contributed by atoms with E-state index >= 15 is 0 Å². The summed E-state index contributed by atoms with van der Waals surface area (Å²) in [5, 5.41) is 8.73. The lowest BCUT2D eigenvalue weighted by molar-refractivity contribution is -0.140. The van der Waals surface area contributed by atoms with Gasteiger partial charge in [-0.2, -0.15) is 5.26 Å². The number of methoxy groups -OCH3 is 1. The molecule has 0 aliphatic heterocycles. The molecule has 1 aromatic carbocycles. The van der Waals surface area contributed by atoms with Crippen LogP contribution in [-0.4, -0.2) is 13.1 Å². The van der Waals surface area contributed by atoms with Crippen molar-refractivity contribution in [2.24, 2.45) is 0 Å². The second-order valence-electron chi connectivity index (χ2n) is 3.33. The average Bonchev–Trinajstić information content (AvgIpc) is 2.27. The lowest BCUT2D eigenvalue weighted by atomic mass is 10.0. The fourth-order valence-electron chi connectivity index (χ4n) is 1.35. The number of benzene rings is 1. The smallest absolute Gasteiger partial charge is 0.305 e. The standard InChI is InChI=1S/C12H13NO2/c1-9-3-4-10(8-13)7-11(9)5-6-12(14)15-2/h3-4,7H,5-6H2,1-2H3. The Morgan fingerprint density at radius 3 is 2.87 bits per heavy atom. The molecule has 0 unspecified atom stereocenters. The second kappa shape index (κ2) is 5.16. The topological polar surface area (TPSA) is 50.1 Å². The van der Waals surface area contributed by atoms with E-state index in [0.717, 1.165) is 11.1 Å².